The Bertz CT molecular complexity index is 759. The van der Waals surface area contributed by atoms with Gasteiger partial charge in [0.25, 0.3) is 0 Å². The van der Waals surface area contributed by atoms with E-state index < -0.39 is 23.8 Å². The monoisotopic (exact) mass is 339 g/mol. The summed E-state index contributed by atoms with van der Waals surface area (Å²) in [6.07, 6.45) is -5.46. The molecule has 0 atom stereocenters. The Hall–Kier alpha value is -3.03. The highest BCUT2D eigenvalue weighted by molar-refractivity contribution is 5.98. The third kappa shape index (κ3) is 4.48. The molecule has 0 saturated carbocycles. The molecule has 8 heteroatoms. The molecule has 0 aliphatic carbocycles. The normalized spacial score (nSPS) is 11.0. The van der Waals surface area contributed by atoms with Crippen molar-refractivity contribution in [2.24, 2.45) is 0 Å². The van der Waals surface area contributed by atoms with Crippen LogP contribution in [0.4, 0.5) is 23.7 Å². The molecule has 0 heterocycles. The Morgan fingerprint density at radius 1 is 1.08 bits per heavy atom. The molecule has 2 rings (SSSR count). The molecule has 0 fully saturated rings. The van der Waals surface area contributed by atoms with Gasteiger partial charge in [-0.05, 0) is 29.8 Å². The van der Waals surface area contributed by atoms with Crippen molar-refractivity contribution in [1.29, 1.82) is 0 Å². The summed E-state index contributed by atoms with van der Waals surface area (Å²) in [5, 5.41) is 11.2. The number of rotatable bonds is 4. The molecule has 2 aromatic rings. The van der Waals surface area contributed by atoms with Gasteiger partial charge in [-0.1, -0.05) is 24.3 Å². The van der Waals surface area contributed by atoms with Gasteiger partial charge in [-0.25, -0.2) is 9.59 Å². The van der Waals surface area contributed by atoms with Crippen LogP contribution in [0.2, 0.25) is 0 Å². The topological polar surface area (TPSA) is 75.6 Å². The zero-order valence-corrected chi connectivity index (χ0v) is 12.1. The van der Waals surface area contributed by atoms with Crippen molar-refractivity contribution < 1.29 is 32.6 Å². The van der Waals surface area contributed by atoms with Crippen LogP contribution in [0.15, 0.2) is 48.5 Å². The van der Waals surface area contributed by atoms with E-state index in [1.807, 2.05) is 0 Å². The van der Waals surface area contributed by atoms with Gasteiger partial charge in [0.15, 0.2) is 0 Å². The maximum absolute atomic E-state index is 12.6. The third-order valence-electron chi connectivity index (χ3n) is 3.02. The molecule has 1 amide bonds. The fraction of sp³-hybridized carbons (Fsp3) is 0.125. The molecule has 0 aromatic heterocycles. The van der Waals surface area contributed by atoms with E-state index in [1.165, 1.54) is 36.4 Å². The van der Waals surface area contributed by atoms with Crippen molar-refractivity contribution in [2.75, 3.05) is 5.32 Å². The number of hydrogen-bond acceptors (Lipinski definition) is 3. The first-order valence-electron chi connectivity index (χ1n) is 6.69. The van der Waals surface area contributed by atoms with E-state index in [2.05, 4.69) is 5.32 Å². The molecule has 24 heavy (non-hydrogen) atoms. The number of nitrogens with one attached hydrogen (secondary N) is 1. The summed E-state index contributed by atoms with van der Waals surface area (Å²) in [5.41, 5.74) is -0.792. The van der Waals surface area contributed by atoms with Crippen molar-refractivity contribution in [3.63, 3.8) is 0 Å². The van der Waals surface area contributed by atoms with Crippen molar-refractivity contribution in [2.45, 2.75) is 12.8 Å². The fourth-order valence-electron chi connectivity index (χ4n) is 1.91. The van der Waals surface area contributed by atoms with Crippen LogP contribution in [0.5, 0.6) is 0 Å². The van der Waals surface area contributed by atoms with Gasteiger partial charge >= 0.3 is 18.2 Å². The number of halogens is 3. The molecule has 0 unspecified atom stereocenters. The molecular weight excluding hydrogens is 327 g/mol. The van der Waals surface area contributed by atoms with Crippen molar-refractivity contribution >= 4 is 17.7 Å². The maximum Gasteiger partial charge on any atom is 0.416 e. The van der Waals surface area contributed by atoms with Gasteiger partial charge in [-0.15, -0.1) is 0 Å². The SMILES string of the molecule is O=C(Nc1ccccc1C(=O)O)OCc1cccc(C(F)(F)F)c1. The number of anilines is 1. The first kappa shape index (κ1) is 17.3. The molecular formula is C16H12F3NO4. The van der Waals surface area contributed by atoms with Gasteiger partial charge in [-0.3, -0.25) is 5.32 Å². The minimum atomic E-state index is -4.49. The lowest BCUT2D eigenvalue weighted by atomic mass is 10.1. The molecule has 5 nitrogen and oxygen atoms in total. The average molecular weight is 339 g/mol. The van der Waals surface area contributed by atoms with E-state index in [9.17, 15) is 22.8 Å². The second-order valence-electron chi connectivity index (χ2n) is 4.75. The van der Waals surface area contributed by atoms with Gasteiger partial charge in [0.1, 0.15) is 6.61 Å². The Morgan fingerprint density at radius 3 is 2.46 bits per heavy atom. The van der Waals surface area contributed by atoms with E-state index in [0.29, 0.717) is 0 Å². The summed E-state index contributed by atoms with van der Waals surface area (Å²) in [6, 6.07) is 10.1. The summed E-state index contributed by atoms with van der Waals surface area (Å²) in [7, 11) is 0. The Balaban J connectivity index is 2.01. The largest absolute Gasteiger partial charge is 0.478 e. The van der Waals surface area contributed by atoms with E-state index in [1.54, 1.807) is 0 Å². The smallest absolute Gasteiger partial charge is 0.416 e. The van der Waals surface area contributed by atoms with Crippen LogP contribution in [0.25, 0.3) is 0 Å². The minimum Gasteiger partial charge on any atom is -0.478 e. The number of para-hydroxylation sites is 1. The highest BCUT2D eigenvalue weighted by Crippen LogP contribution is 2.29. The summed E-state index contributed by atoms with van der Waals surface area (Å²) < 4.78 is 42.6. The molecule has 0 aliphatic heterocycles. The molecule has 0 radical (unpaired) electrons. The van der Waals surface area contributed by atoms with Crippen molar-refractivity contribution in [3.8, 4) is 0 Å². The van der Waals surface area contributed by atoms with E-state index in [-0.39, 0.29) is 23.4 Å². The lowest BCUT2D eigenvalue weighted by Gasteiger charge is -2.11. The number of carboxylic acid groups (broad SMARTS) is 1. The lowest BCUT2D eigenvalue weighted by molar-refractivity contribution is -0.137. The molecule has 0 spiro atoms. The Labute approximate surface area is 134 Å². The number of amides is 1. The second kappa shape index (κ2) is 7.03. The molecule has 126 valence electrons. The molecule has 0 saturated heterocycles. The first-order valence-corrected chi connectivity index (χ1v) is 6.69. The van der Waals surface area contributed by atoms with Crippen molar-refractivity contribution in [3.05, 3.63) is 65.2 Å². The van der Waals surface area contributed by atoms with Crippen LogP contribution in [0, 0.1) is 0 Å². The lowest BCUT2D eigenvalue weighted by Crippen LogP contribution is -2.16. The molecule has 0 aliphatic rings. The van der Waals surface area contributed by atoms with E-state index >= 15 is 0 Å². The predicted molar refractivity (Wildman–Crippen MR) is 78.7 cm³/mol. The minimum absolute atomic E-state index is 0.0269. The summed E-state index contributed by atoms with van der Waals surface area (Å²) in [4.78, 5) is 22.7. The Morgan fingerprint density at radius 2 is 1.79 bits per heavy atom. The average Bonchev–Trinajstić information content (AvgIpc) is 2.53. The van der Waals surface area contributed by atoms with Crippen LogP contribution in [-0.2, 0) is 17.5 Å². The number of carboxylic acids is 1. The molecule has 2 aromatic carbocycles. The van der Waals surface area contributed by atoms with Gasteiger partial charge < -0.3 is 9.84 Å². The highest BCUT2D eigenvalue weighted by atomic mass is 19.4. The first-order chi connectivity index (χ1) is 11.3. The van der Waals surface area contributed by atoms with Crippen molar-refractivity contribution in [1.82, 2.24) is 0 Å². The van der Waals surface area contributed by atoms with Gasteiger partial charge in [-0.2, -0.15) is 13.2 Å². The molecule has 2 N–H and O–H groups in total. The Kier molecular flexibility index (Phi) is 5.08. The van der Waals surface area contributed by atoms with Gasteiger partial charge in [0, 0.05) is 0 Å². The van der Waals surface area contributed by atoms with Crippen LogP contribution in [0.3, 0.4) is 0 Å². The number of carbonyl (C=O) groups excluding carboxylic acids is 1. The number of aromatic carboxylic acids is 1. The van der Waals surface area contributed by atoms with E-state index in [4.69, 9.17) is 9.84 Å². The summed E-state index contributed by atoms with van der Waals surface area (Å²) >= 11 is 0. The summed E-state index contributed by atoms with van der Waals surface area (Å²) in [6.45, 7) is -0.384. The fourth-order valence-corrected chi connectivity index (χ4v) is 1.91. The maximum atomic E-state index is 12.6. The molecule has 0 bridgehead atoms. The number of carbonyl (C=O) groups is 2. The third-order valence-corrected chi connectivity index (χ3v) is 3.02. The number of hydrogen-bond donors (Lipinski definition) is 2. The second-order valence-corrected chi connectivity index (χ2v) is 4.75. The summed E-state index contributed by atoms with van der Waals surface area (Å²) in [5.74, 6) is -1.23. The number of ether oxygens (including phenoxy) is 1. The number of alkyl halides is 3. The highest BCUT2D eigenvalue weighted by Gasteiger charge is 2.30. The zero-order valence-electron chi connectivity index (χ0n) is 12.1. The van der Waals surface area contributed by atoms with Gasteiger partial charge in [0.2, 0.25) is 0 Å². The van der Waals surface area contributed by atoms with Crippen LogP contribution in [0.1, 0.15) is 21.5 Å². The van der Waals surface area contributed by atoms with Crippen LogP contribution in [-0.4, -0.2) is 17.2 Å². The zero-order chi connectivity index (χ0) is 17.7. The quantitative estimate of drug-likeness (QED) is 0.877. The van der Waals surface area contributed by atoms with Gasteiger partial charge in [0.05, 0.1) is 16.8 Å². The number of benzene rings is 2. The van der Waals surface area contributed by atoms with Crippen LogP contribution < -0.4 is 5.32 Å². The van der Waals surface area contributed by atoms with Crippen LogP contribution >= 0.6 is 0 Å². The predicted octanol–water partition coefficient (Wildman–Crippen LogP) is 4.15. The van der Waals surface area contributed by atoms with E-state index in [0.717, 1.165) is 12.1 Å². The standard InChI is InChI=1S/C16H12F3NO4/c17-16(18,19)11-5-3-4-10(8-11)9-24-15(23)20-13-7-2-1-6-12(13)14(21)22/h1-8H,9H2,(H,20,23)(H,21,22).